The number of carbonyl (C=O) groups excluding carboxylic acids is 1. The molecule has 3 aromatic rings. The highest BCUT2D eigenvalue weighted by Gasteiger charge is 2.13. The van der Waals surface area contributed by atoms with E-state index in [0.29, 0.717) is 10.8 Å². The molecule has 1 heterocycles. The molecule has 8 heteroatoms. The van der Waals surface area contributed by atoms with Crippen molar-refractivity contribution in [3.8, 4) is 0 Å². The van der Waals surface area contributed by atoms with Crippen LogP contribution in [0.3, 0.4) is 0 Å². The topological polar surface area (TPSA) is 108 Å². The van der Waals surface area contributed by atoms with E-state index in [1.54, 1.807) is 42.5 Å². The molecular weight excluding hydrogens is 366 g/mol. The number of carbonyl (C=O) groups is 1. The molecule has 140 valence electrons. The van der Waals surface area contributed by atoms with Crippen LogP contribution >= 0.6 is 0 Å². The zero-order valence-electron chi connectivity index (χ0n) is 14.7. The van der Waals surface area contributed by atoms with E-state index in [0.717, 1.165) is 5.56 Å². The molecule has 27 heavy (non-hydrogen) atoms. The third kappa shape index (κ3) is 4.42. The van der Waals surface area contributed by atoms with Gasteiger partial charge in [0.25, 0.3) is 11.5 Å². The standard InChI is InChI=1S/C19H19N3O4S/c1-13-6-8-15(9-7-13)27(25,26)21-11-10-20-19(24)17-12-14-4-2-3-5-16(14)18(23)22-17/h2-9,12,21H,10-11H2,1H3,(H,20,24)(H,22,23). The largest absolute Gasteiger partial charge is 0.349 e. The predicted octanol–water partition coefficient (Wildman–Crippen LogP) is 1.54. The van der Waals surface area contributed by atoms with Crippen molar-refractivity contribution in [3.63, 3.8) is 0 Å². The number of hydrogen-bond acceptors (Lipinski definition) is 4. The number of aromatic amines is 1. The third-order valence-electron chi connectivity index (χ3n) is 4.03. The number of H-pyrrole nitrogens is 1. The summed E-state index contributed by atoms with van der Waals surface area (Å²) in [6.07, 6.45) is 0. The highest BCUT2D eigenvalue weighted by atomic mass is 32.2. The van der Waals surface area contributed by atoms with Crippen LogP contribution in [0.5, 0.6) is 0 Å². The minimum absolute atomic E-state index is 0.0275. The molecule has 0 saturated carbocycles. The molecule has 3 N–H and O–H groups in total. The lowest BCUT2D eigenvalue weighted by atomic mass is 10.1. The summed E-state index contributed by atoms with van der Waals surface area (Å²) in [6.45, 7) is 1.98. The molecule has 0 aliphatic carbocycles. The van der Waals surface area contributed by atoms with Crippen molar-refractivity contribution in [3.05, 3.63) is 76.2 Å². The average Bonchev–Trinajstić information content (AvgIpc) is 2.65. The van der Waals surface area contributed by atoms with Gasteiger partial charge >= 0.3 is 0 Å². The smallest absolute Gasteiger partial charge is 0.267 e. The molecule has 0 unspecified atom stereocenters. The Hall–Kier alpha value is -2.97. The van der Waals surface area contributed by atoms with Crippen molar-refractivity contribution in [2.24, 2.45) is 0 Å². The van der Waals surface area contributed by atoms with Crippen LogP contribution in [-0.2, 0) is 10.0 Å². The lowest BCUT2D eigenvalue weighted by Crippen LogP contribution is -2.35. The molecule has 0 aliphatic heterocycles. The Morgan fingerprint density at radius 3 is 2.48 bits per heavy atom. The zero-order valence-corrected chi connectivity index (χ0v) is 15.5. The highest BCUT2D eigenvalue weighted by molar-refractivity contribution is 7.89. The van der Waals surface area contributed by atoms with Gasteiger partial charge in [-0.05, 0) is 36.6 Å². The van der Waals surface area contributed by atoms with E-state index in [1.807, 2.05) is 6.92 Å². The number of pyridine rings is 1. The Kier molecular flexibility index (Phi) is 5.38. The van der Waals surface area contributed by atoms with Crippen molar-refractivity contribution in [2.45, 2.75) is 11.8 Å². The van der Waals surface area contributed by atoms with Crippen molar-refractivity contribution < 1.29 is 13.2 Å². The highest BCUT2D eigenvalue weighted by Crippen LogP contribution is 2.10. The van der Waals surface area contributed by atoms with Gasteiger partial charge in [-0.25, -0.2) is 13.1 Å². The second kappa shape index (κ2) is 7.73. The second-order valence-electron chi connectivity index (χ2n) is 6.07. The van der Waals surface area contributed by atoms with Gasteiger partial charge in [0.2, 0.25) is 10.0 Å². The number of nitrogens with one attached hydrogen (secondary N) is 3. The molecule has 1 aromatic heterocycles. The first-order valence-electron chi connectivity index (χ1n) is 8.33. The first-order chi connectivity index (χ1) is 12.9. The minimum atomic E-state index is -3.63. The first kappa shape index (κ1) is 18.8. The Labute approximate surface area is 156 Å². The van der Waals surface area contributed by atoms with Crippen molar-refractivity contribution in [1.29, 1.82) is 0 Å². The number of fused-ring (bicyclic) bond motifs is 1. The molecule has 0 fully saturated rings. The van der Waals surface area contributed by atoms with Gasteiger partial charge in [0, 0.05) is 18.5 Å². The molecule has 0 atom stereocenters. The maximum absolute atomic E-state index is 12.2. The Morgan fingerprint density at radius 2 is 1.74 bits per heavy atom. The van der Waals surface area contributed by atoms with E-state index in [2.05, 4.69) is 15.0 Å². The molecular formula is C19H19N3O4S. The summed E-state index contributed by atoms with van der Waals surface area (Å²) in [5.74, 6) is -0.479. The molecule has 3 rings (SSSR count). The van der Waals surface area contributed by atoms with E-state index >= 15 is 0 Å². The molecule has 0 saturated heterocycles. The Balaban J connectivity index is 1.60. The van der Waals surface area contributed by atoms with Gasteiger partial charge in [-0.15, -0.1) is 0 Å². The van der Waals surface area contributed by atoms with Crippen molar-refractivity contribution in [2.75, 3.05) is 13.1 Å². The summed E-state index contributed by atoms with van der Waals surface area (Å²) in [5.41, 5.74) is 0.740. The van der Waals surface area contributed by atoms with Crippen molar-refractivity contribution in [1.82, 2.24) is 15.0 Å². The fourth-order valence-electron chi connectivity index (χ4n) is 2.59. The summed E-state index contributed by atoms with van der Waals surface area (Å²) in [7, 11) is -3.63. The van der Waals surface area contributed by atoms with E-state index in [-0.39, 0.29) is 29.2 Å². The van der Waals surface area contributed by atoms with Crippen LogP contribution in [-0.4, -0.2) is 32.4 Å². The number of benzene rings is 2. The van der Waals surface area contributed by atoms with E-state index in [1.165, 1.54) is 12.1 Å². The monoisotopic (exact) mass is 385 g/mol. The Bertz CT molecular complexity index is 1140. The lowest BCUT2D eigenvalue weighted by Gasteiger charge is -2.09. The SMILES string of the molecule is Cc1ccc(S(=O)(=O)NCCNC(=O)c2cc3ccccc3c(=O)[nH]2)cc1. The molecule has 7 nitrogen and oxygen atoms in total. The summed E-state index contributed by atoms with van der Waals surface area (Å²) in [6, 6.07) is 15.0. The number of aromatic nitrogens is 1. The average molecular weight is 385 g/mol. The van der Waals surface area contributed by atoms with Gasteiger partial charge in [-0.2, -0.15) is 0 Å². The van der Waals surface area contributed by atoms with Crippen LogP contribution in [0.4, 0.5) is 0 Å². The number of amides is 1. The fourth-order valence-corrected chi connectivity index (χ4v) is 3.62. The fraction of sp³-hybridized carbons (Fsp3) is 0.158. The van der Waals surface area contributed by atoms with Crippen LogP contribution in [0.1, 0.15) is 16.1 Å². The van der Waals surface area contributed by atoms with Crippen LogP contribution in [0.15, 0.2) is 64.3 Å². The minimum Gasteiger partial charge on any atom is -0.349 e. The van der Waals surface area contributed by atoms with Crippen LogP contribution in [0.2, 0.25) is 0 Å². The first-order valence-corrected chi connectivity index (χ1v) is 9.82. The van der Waals surface area contributed by atoms with Crippen LogP contribution in [0, 0.1) is 6.92 Å². The molecule has 0 spiro atoms. The summed E-state index contributed by atoms with van der Waals surface area (Å²) in [4.78, 5) is 26.9. The van der Waals surface area contributed by atoms with Gasteiger partial charge in [0.05, 0.1) is 4.90 Å². The van der Waals surface area contributed by atoms with Crippen molar-refractivity contribution >= 4 is 26.7 Å². The van der Waals surface area contributed by atoms with Gasteiger partial charge in [-0.1, -0.05) is 35.9 Å². The predicted molar refractivity (Wildman–Crippen MR) is 103 cm³/mol. The maximum atomic E-state index is 12.2. The number of hydrogen-bond donors (Lipinski definition) is 3. The number of rotatable bonds is 6. The molecule has 0 radical (unpaired) electrons. The van der Waals surface area contributed by atoms with E-state index in [9.17, 15) is 18.0 Å². The molecule has 0 bridgehead atoms. The molecule has 2 aromatic carbocycles. The van der Waals surface area contributed by atoms with Crippen LogP contribution < -0.4 is 15.6 Å². The van der Waals surface area contributed by atoms with Gasteiger partial charge in [0.15, 0.2) is 0 Å². The Morgan fingerprint density at radius 1 is 1.04 bits per heavy atom. The maximum Gasteiger partial charge on any atom is 0.267 e. The quantitative estimate of drug-likeness (QED) is 0.559. The lowest BCUT2D eigenvalue weighted by molar-refractivity contribution is 0.0949. The van der Waals surface area contributed by atoms with Gasteiger partial charge < -0.3 is 10.3 Å². The molecule has 0 aliphatic rings. The summed E-state index contributed by atoms with van der Waals surface area (Å²) >= 11 is 0. The second-order valence-corrected chi connectivity index (χ2v) is 7.83. The summed E-state index contributed by atoms with van der Waals surface area (Å²) < 4.78 is 26.8. The van der Waals surface area contributed by atoms with Gasteiger partial charge in [-0.3, -0.25) is 9.59 Å². The number of aryl methyl sites for hydroxylation is 1. The van der Waals surface area contributed by atoms with Crippen LogP contribution in [0.25, 0.3) is 10.8 Å². The number of sulfonamides is 1. The molecule has 1 amide bonds. The van der Waals surface area contributed by atoms with E-state index < -0.39 is 15.9 Å². The zero-order chi connectivity index (χ0) is 19.4. The summed E-state index contributed by atoms with van der Waals surface area (Å²) in [5, 5.41) is 3.75. The van der Waals surface area contributed by atoms with Gasteiger partial charge in [0.1, 0.15) is 5.69 Å². The normalized spacial score (nSPS) is 11.4. The third-order valence-corrected chi connectivity index (χ3v) is 5.51. The van der Waals surface area contributed by atoms with E-state index in [4.69, 9.17) is 0 Å².